The number of carbonyl (C=O) groups excluding carboxylic acids is 2. The number of nitrogens with two attached hydrogens (primary N) is 2. The number of nitrogen functional groups attached to an aromatic ring is 1. The minimum Gasteiger partial charge on any atom is -0.383 e. The normalized spacial score (nSPS) is 11.6. The van der Waals surface area contributed by atoms with Crippen molar-refractivity contribution in [1.82, 2.24) is 25.8 Å². The summed E-state index contributed by atoms with van der Waals surface area (Å²) in [5.41, 5.74) is 14.5. The van der Waals surface area contributed by atoms with E-state index >= 15 is 0 Å². The smallest absolute Gasteiger partial charge is 0.320 e. The van der Waals surface area contributed by atoms with E-state index in [1.54, 1.807) is 42.7 Å². The molecule has 0 aliphatic carbocycles. The summed E-state index contributed by atoms with van der Waals surface area (Å²) in [6, 6.07) is 7.53. The van der Waals surface area contributed by atoms with Crippen LogP contribution in [0.15, 0.2) is 42.7 Å². The van der Waals surface area contributed by atoms with E-state index in [1.807, 2.05) is 0 Å². The zero-order valence-electron chi connectivity index (χ0n) is 17.9. The monoisotopic (exact) mass is 472 g/mol. The second kappa shape index (κ2) is 11.3. The highest BCUT2D eigenvalue weighted by atomic mass is 35.5. The number of benzene rings is 1. The Hall–Kier alpha value is -3.67. The summed E-state index contributed by atoms with van der Waals surface area (Å²) in [6.07, 6.45) is 3.29. The molecule has 0 aliphatic rings. The maximum Gasteiger partial charge on any atom is 0.320 e. The van der Waals surface area contributed by atoms with Gasteiger partial charge in [-0.05, 0) is 41.0 Å². The van der Waals surface area contributed by atoms with Crippen molar-refractivity contribution in [2.24, 2.45) is 5.73 Å². The summed E-state index contributed by atoms with van der Waals surface area (Å²) >= 11 is 6.30. The number of ether oxygens (including phenoxy) is 1. The Bertz CT molecular complexity index is 1110. The highest BCUT2D eigenvalue weighted by molar-refractivity contribution is 6.31. The highest BCUT2D eigenvalue weighted by Gasteiger charge is 2.18. The molecule has 0 saturated carbocycles. The van der Waals surface area contributed by atoms with Gasteiger partial charge in [-0.2, -0.15) is 5.10 Å². The Morgan fingerprint density at radius 1 is 1.18 bits per heavy atom. The van der Waals surface area contributed by atoms with Gasteiger partial charge in [0.25, 0.3) is 0 Å². The second-order valence-corrected chi connectivity index (χ2v) is 7.52. The summed E-state index contributed by atoms with van der Waals surface area (Å²) in [5, 5.41) is 15.4. The first kappa shape index (κ1) is 24.0. The lowest BCUT2D eigenvalue weighted by Gasteiger charge is -2.13. The van der Waals surface area contributed by atoms with Crippen LogP contribution in [-0.4, -0.2) is 46.9 Å². The molecule has 12 heteroatoms. The van der Waals surface area contributed by atoms with E-state index < -0.39 is 12.1 Å². The number of urea groups is 1. The highest BCUT2D eigenvalue weighted by Crippen LogP contribution is 2.33. The van der Waals surface area contributed by atoms with E-state index in [-0.39, 0.29) is 30.7 Å². The number of rotatable bonds is 9. The van der Waals surface area contributed by atoms with Crippen molar-refractivity contribution in [3.8, 4) is 11.1 Å². The van der Waals surface area contributed by atoms with Crippen molar-refractivity contribution in [3.63, 3.8) is 0 Å². The molecule has 3 amide bonds. The maximum atomic E-state index is 12.4. The largest absolute Gasteiger partial charge is 0.383 e. The number of anilines is 2. The van der Waals surface area contributed by atoms with Crippen LogP contribution >= 0.6 is 11.6 Å². The predicted octanol–water partition coefficient (Wildman–Crippen LogP) is 1.62. The van der Waals surface area contributed by atoms with E-state index in [0.29, 0.717) is 28.3 Å². The molecule has 1 atom stereocenters. The number of aromatic amines is 1. The number of pyridine rings is 1. The van der Waals surface area contributed by atoms with Gasteiger partial charge in [0.05, 0.1) is 12.2 Å². The molecule has 0 spiro atoms. The molecule has 0 fully saturated rings. The molecule has 8 N–H and O–H groups in total. The molecule has 1 aromatic carbocycles. The zero-order chi connectivity index (χ0) is 23.8. The fraction of sp³-hybridized carbons (Fsp3) is 0.238. The summed E-state index contributed by atoms with van der Waals surface area (Å²) in [6.45, 7) is 0.568. The molecule has 3 aromatic rings. The van der Waals surface area contributed by atoms with Crippen molar-refractivity contribution in [3.05, 3.63) is 58.9 Å². The van der Waals surface area contributed by atoms with Gasteiger partial charge in [0, 0.05) is 37.6 Å². The molecule has 11 nitrogen and oxygen atoms in total. The molecular weight excluding hydrogens is 448 g/mol. The van der Waals surface area contributed by atoms with Crippen LogP contribution in [0.5, 0.6) is 0 Å². The summed E-state index contributed by atoms with van der Waals surface area (Å²) in [5.74, 6) is 0.146. The molecule has 174 valence electrons. The Balaban J connectivity index is 1.71. The maximum absolute atomic E-state index is 12.4. The fourth-order valence-electron chi connectivity index (χ4n) is 3.01. The Morgan fingerprint density at radius 2 is 1.94 bits per heavy atom. The minimum absolute atomic E-state index is 0.101. The Morgan fingerprint density at radius 3 is 2.67 bits per heavy atom. The van der Waals surface area contributed by atoms with E-state index in [9.17, 15) is 9.59 Å². The summed E-state index contributed by atoms with van der Waals surface area (Å²) < 4.78 is 4.89. The van der Waals surface area contributed by atoms with Gasteiger partial charge < -0.3 is 26.8 Å². The zero-order valence-corrected chi connectivity index (χ0v) is 18.6. The average Bonchev–Trinajstić information content (AvgIpc) is 3.17. The van der Waals surface area contributed by atoms with Crippen LogP contribution in [0.1, 0.15) is 11.1 Å². The molecule has 0 bridgehead atoms. The lowest BCUT2D eigenvalue weighted by atomic mass is 10.0. The van der Waals surface area contributed by atoms with Crippen molar-refractivity contribution in [2.45, 2.75) is 19.1 Å². The lowest BCUT2D eigenvalue weighted by molar-refractivity contribution is -0.123. The molecule has 33 heavy (non-hydrogen) atoms. The van der Waals surface area contributed by atoms with Crippen molar-refractivity contribution < 1.29 is 14.3 Å². The van der Waals surface area contributed by atoms with Crippen LogP contribution in [0.3, 0.4) is 0 Å². The minimum atomic E-state index is -0.789. The van der Waals surface area contributed by atoms with Crippen molar-refractivity contribution >= 4 is 35.2 Å². The van der Waals surface area contributed by atoms with Gasteiger partial charge >= 0.3 is 6.03 Å². The topological polar surface area (TPSA) is 173 Å². The Kier molecular flexibility index (Phi) is 8.19. The molecule has 0 saturated heterocycles. The quantitative estimate of drug-likeness (QED) is 0.274. The predicted molar refractivity (Wildman–Crippen MR) is 125 cm³/mol. The van der Waals surface area contributed by atoms with Gasteiger partial charge in [0.1, 0.15) is 11.9 Å². The van der Waals surface area contributed by atoms with Gasteiger partial charge in [0.15, 0.2) is 5.82 Å². The van der Waals surface area contributed by atoms with Gasteiger partial charge in [-0.1, -0.05) is 17.7 Å². The van der Waals surface area contributed by atoms with Crippen LogP contribution in [0, 0.1) is 0 Å². The molecule has 3 rings (SSSR count). The van der Waals surface area contributed by atoms with Crippen molar-refractivity contribution in [2.75, 3.05) is 24.8 Å². The number of aromatic nitrogens is 3. The second-order valence-electron chi connectivity index (χ2n) is 7.11. The first-order chi connectivity index (χ1) is 15.9. The number of H-pyrrole nitrogens is 1. The van der Waals surface area contributed by atoms with Crippen LogP contribution in [0.2, 0.25) is 5.02 Å². The first-order valence-corrected chi connectivity index (χ1v) is 10.4. The van der Waals surface area contributed by atoms with Crippen molar-refractivity contribution in [1.29, 1.82) is 0 Å². The third-order valence-electron chi connectivity index (χ3n) is 4.70. The van der Waals surface area contributed by atoms with E-state index in [2.05, 4.69) is 31.1 Å². The van der Waals surface area contributed by atoms with E-state index in [0.717, 1.165) is 5.56 Å². The van der Waals surface area contributed by atoms with E-state index in [1.165, 1.54) is 7.11 Å². The van der Waals surface area contributed by atoms with E-state index in [4.69, 9.17) is 27.8 Å². The number of amides is 3. The van der Waals surface area contributed by atoms with Gasteiger partial charge in [-0.3, -0.25) is 20.2 Å². The molecule has 0 radical (unpaired) electrons. The Labute approximate surface area is 195 Å². The van der Waals surface area contributed by atoms with Crippen LogP contribution in [0.4, 0.5) is 16.4 Å². The molecule has 2 aromatic heterocycles. The third-order valence-corrected chi connectivity index (χ3v) is 5.07. The first-order valence-electron chi connectivity index (χ1n) is 9.97. The van der Waals surface area contributed by atoms with Crippen LogP contribution in [0.25, 0.3) is 11.1 Å². The number of halogens is 1. The summed E-state index contributed by atoms with van der Waals surface area (Å²) in [4.78, 5) is 28.4. The average molecular weight is 473 g/mol. The number of methoxy groups -OCH3 is 1. The number of hydrogen-bond donors (Lipinski definition) is 6. The van der Waals surface area contributed by atoms with Gasteiger partial charge in [-0.15, -0.1) is 0 Å². The van der Waals surface area contributed by atoms with Crippen LogP contribution < -0.4 is 27.4 Å². The SMILES string of the molecule is COCC(N)C(=O)NCc1cc(-c2c(NC(=O)NCc3ccncc3)n[nH]c2N)ccc1Cl. The third kappa shape index (κ3) is 6.42. The molecule has 1 unspecified atom stereocenters. The number of hydrogen-bond acceptors (Lipinski definition) is 7. The molecule has 0 aliphatic heterocycles. The number of nitrogens with one attached hydrogen (secondary N) is 4. The number of nitrogens with zero attached hydrogens (tertiary/aromatic N) is 2. The molecular formula is C21H25ClN8O3. The van der Waals surface area contributed by atoms with Gasteiger partial charge in [-0.25, -0.2) is 4.79 Å². The van der Waals surface area contributed by atoms with Crippen LogP contribution in [-0.2, 0) is 22.6 Å². The lowest BCUT2D eigenvalue weighted by Crippen LogP contribution is -2.43. The van der Waals surface area contributed by atoms with Gasteiger partial charge in [0.2, 0.25) is 5.91 Å². The number of carbonyl (C=O) groups is 2. The summed E-state index contributed by atoms with van der Waals surface area (Å²) in [7, 11) is 1.47. The fourth-order valence-corrected chi connectivity index (χ4v) is 3.19. The standard InChI is InChI=1S/C21H25ClN8O3/c1-33-11-16(23)20(31)26-10-14-8-13(2-3-15(14)22)17-18(24)29-30-19(17)28-21(32)27-9-12-4-6-25-7-5-12/h2-8,16H,9-11,23H2,1H3,(H,26,31)(H5,24,27,28,29,30,32). The molecule has 2 heterocycles.